The number of thiophene rings is 1. The smallest absolute Gasteiger partial charge is 0.230 e. The Kier molecular flexibility index (Phi) is 5.67. The van der Waals surface area contributed by atoms with E-state index in [1.807, 2.05) is 25.1 Å². The summed E-state index contributed by atoms with van der Waals surface area (Å²) >= 11 is 8.57. The molecule has 0 aliphatic carbocycles. The van der Waals surface area contributed by atoms with Crippen molar-refractivity contribution in [2.24, 2.45) is 0 Å². The van der Waals surface area contributed by atoms with Crippen LogP contribution in [-0.2, 0) is 4.79 Å². The fourth-order valence-corrected chi connectivity index (χ4v) is 2.63. The molecule has 0 radical (unpaired) electrons. The Bertz CT molecular complexity index is 400. The molecule has 1 heterocycles. The minimum Gasteiger partial charge on any atom is -0.348 e. The van der Waals surface area contributed by atoms with Crippen LogP contribution in [0, 0.1) is 11.3 Å². The molecule has 1 amide bonds. The SMILES string of the molecule is CC(NC(=O)CSCC#N)c1ccc(Cl)s1. The van der Waals surface area contributed by atoms with Gasteiger partial charge < -0.3 is 5.32 Å². The Morgan fingerprint density at radius 3 is 3.06 bits per heavy atom. The summed E-state index contributed by atoms with van der Waals surface area (Å²) in [6.45, 7) is 1.91. The topological polar surface area (TPSA) is 52.9 Å². The van der Waals surface area contributed by atoms with Crippen LogP contribution >= 0.6 is 34.7 Å². The number of halogens is 1. The zero-order valence-electron chi connectivity index (χ0n) is 8.70. The van der Waals surface area contributed by atoms with Gasteiger partial charge in [0.25, 0.3) is 0 Å². The van der Waals surface area contributed by atoms with Gasteiger partial charge in [-0.2, -0.15) is 5.26 Å². The summed E-state index contributed by atoms with van der Waals surface area (Å²) in [4.78, 5) is 12.5. The van der Waals surface area contributed by atoms with E-state index in [1.54, 1.807) is 0 Å². The number of nitriles is 1. The zero-order chi connectivity index (χ0) is 12.0. The summed E-state index contributed by atoms with van der Waals surface area (Å²) in [5.41, 5.74) is 0. The first-order chi connectivity index (χ1) is 7.63. The van der Waals surface area contributed by atoms with Crippen molar-refractivity contribution in [3.8, 4) is 6.07 Å². The van der Waals surface area contributed by atoms with E-state index in [-0.39, 0.29) is 11.9 Å². The molecule has 86 valence electrons. The third kappa shape index (κ3) is 4.44. The van der Waals surface area contributed by atoms with Crippen molar-refractivity contribution in [2.75, 3.05) is 11.5 Å². The highest BCUT2D eigenvalue weighted by Gasteiger charge is 2.11. The van der Waals surface area contributed by atoms with E-state index >= 15 is 0 Å². The molecule has 0 saturated carbocycles. The lowest BCUT2D eigenvalue weighted by atomic mass is 10.3. The number of rotatable bonds is 5. The average Bonchev–Trinajstić information content (AvgIpc) is 2.65. The quantitative estimate of drug-likeness (QED) is 0.840. The van der Waals surface area contributed by atoms with Crippen LogP contribution < -0.4 is 5.32 Å². The fraction of sp³-hybridized carbons (Fsp3) is 0.400. The third-order valence-corrected chi connectivity index (χ3v) is 4.01. The molecule has 1 aromatic heterocycles. The van der Waals surface area contributed by atoms with Crippen LogP contribution in [-0.4, -0.2) is 17.4 Å². The van der Waals surface area contributed by atoms with E-state index in [4.69, 9.17) is 16.9 Å². The molecule has 0 fully saturated rings. The highest BCUT2D eigenvalue weighted by Crippen LogP contribution is 2.26. The van der Waals surface area contributed by atoms with Gasteiger partial charge in [0, 0.05) is 4.88 Å². The number of amides is 1. The van der Waals surface area contributed by atoms with Crippen LogP contribution in [0.25, 0.3) is 0 Å². The minimum atomic E-state index is -0.0581. The van der Waals surface area contributed by atoms with Crippen LogP contribution in [0.2, 0.25) is 4.34 Å². The van der Waals surface area contributed by atoms with E-state index in [2.05, 4.69) is 5.32 Å². The maximum atomic E-state index is 11.4. The Hall–Kier alpha value is -0.700. The summed E-state index contributed by atoms with van der Waals surface area (Å²) in [5.74, 6) is 0.598. The van der Waals surface area contributed by atoms with Crippen molar-refractivity contribution in [2.45, 2.75) is 13.0 Å². The molecule has 0 bridgehead atoms. The van der Waals surface area contributed by atoms with Crippen LogP contribution in [0.3, 0.4) is 0 Å². The number of nitrogens with one attached hydrogen (secondary N) is 1. The molecule has 0 aromatic carbocycles. The number of thioether (sulfide) groups is 1. The molecule has 1 rings (SSSR count). The van der Waals surface area contributed by atoms with Gasteiger partial charge in [-0.3, -0.25) is 4.79 Å². The zero-order valence-corrected chi connectivity index (χ0v) is 11.1. The third-order valence-electron chi connectivity index (χ3n) is 1.80. The van der Waals surface area contributed by atoms with E-state index < -0.39 is 0 Å². The summed E-state index contributed by atoms with van der Waals surface area (Å²) in [6.07, 6.45) is 0. The van der Waals surface area contributed by atoms with Crippen LogP contribution in [0.4, 0.5) is 0 Å². The molecule has 6 heteroatoms. The van der Waals surface area contributed by atoms with Gasteiger partial charge in [-0.1, -0.05) is 11.6 Å². The lowest BCUT2D eigenvalue weighted by Gasteiger charge is -2.11. The van der Waals surface area contributed by atoms with Crippen LogP contribution in [0.15, 0.2) is 12.1 Å². The molecule has 0 aliphatic rings. The minimum absolute atomic E-state index is 0.0346. The fourth-order valence-electron chi connectivity index (χ4n) is 1.10. The van der Waals surface area contributed by atoms with Gasteiger partial charge in [0.1, 0.15) is 0 Å². The molecule has 0 spiro atoms. The van der Waals surface area contributed by atoms with Crippen molar-refractivity contribution in [1.82, 2.24) is 5.32 Å². The second-order valence-corrected chi connectivity index (χ2v) is 5.81. The maximum Gasteiger partial charge on any atom is 0.230 e. The summed E-state index contributed by atoms with van der Waals surface area (Å²) < 4.78 is 0.718. The van der Waals surface area contributed by atoms with E-state index in [1.165, 1.54) is 23.1 Å². The number of carbonyl (C=O) groups is 1. The number of nitrogens with zero attached hydrogens (tertiary/aromatic N) is 1. The van der Waals surface area contributed by atoms with Crippen LogP contribution in [0.1, 0.15) is 17.8 Å². The Morgan fingerprint density at radius 1 is 1.75 bits per heavy atom. The second kappa shape index (κ2) is 6.79. The van der Waals surface area contributed by atoms with E-state index in [9.17, 15) is 4.79 Å². The lowest BCUT2D eigenvalue weighted by Crippen LogP contribution is -2.27. The monoisotopic (exact) mass is 274 g/mol. The molecule has 16 heavy (non-hydrogen) atoms. The number of hydrogen-bond donors (Lipinski definition) is 1. The standard InChI is InChI=1S/C10H11ClN2OS2/c1-7(8-2-3-9(11)16-8)13-10(14)6-15-5-4-12/h2-3,7H,5-6H2,1H3,(H,13,14). The van der Waals surface area contributed by atoms with Crippen molar-refractivity contribution < 1.29 is 4.79 Å². The highest BCUT2D eigenvalue weighted by molar-refractivity contribution is 8.00. The van der Waals surface area contributed by atoms with Gasteiger partial charge in [0.2, 0.25) is 5.91 Å². The summed E-state index contributed by atoms with van der Waals surface area (Å²) in [6, 6.07) is 5.66. The highest BCUT2D eigenvalue weighted by atomic mass is 35.5. The molecular formula is C10H11ClN2OS2. The van der Waals surface area contributed by atoms with Crippen molar-refractivity contribution in [1.29, 1.82) is 5.26 Å². The second-order valence-electron chi connectivity index (χ2n) is 3.08. The van der Waals surface area contributed by atoms with Crippen LogP contribution in [0.5, 0.6) is 0 Å². The first kappa shape index (κ1) is 13.4. The maximum absolute atomic E-state index is 11.4. The molecular weight excluding hydrogens is 264 g/mol. The lowest BCUT2D eigenvalue weighted by molar-refractivity contribution is -0.119. The van der Waals surface area contributed by atoms with E-state index in [0.29, 0.717) is 11.5 Å². The first-order valence-electron chi connectivity index (χ1n) is 4.62. The Labute approximate surface area is 108 Å². The number of hydrogen-bond acceptors (Lipinski definition) is 4. The predicted octanol–water partition coefficient (Wildman–Crippen LogP) is 2.84. The molecule has 3 nitrogen and oxygen atoms in total. The Morgan fingerprint density at radius 2 is 2.50 bits per heavy atom. The largest absolute Gasteiger partial charge is 0.348 e. The van der Waals surface area contributed by atoms with Gasteiger partial charge in [-0.05, 0) is 19.1 Å². The first-order valence-corrected chi connectivity index (χ1v) is 6.97. The average molecular weight is 275 g/mol. The molecule has 0 aliphatic heterocycles. The molecule has 1 N–H and O–H groups in total. The number of carbonyl (C=O) groups excluding carboxylic acids is 1. The summed E-state index contributed by atoms with van der Waals surface area (Å²) in [7, 11) is 0. The van der Waals surface area contributed by atoms with Gasteiger partial charge in [0.15, 0.2) is 0 Å². The normalized spacial score (nSPS) is 11.8. The van der Waals surface area contributed by atoms with Crippen molar-refractivity contribution in [3.05, 3.63) is 21.3 Å². The summed E-state index contributed by atoms with van der Waals surface area (Å²) in [5, 5.41) is 11.2. The van der Waals surface area contributed by atoms with Gasteiger partial charge >= 0.3 is 0 Å². The van der Waals surface area contributed by atoms with Crippen molar-refractivity contribution >= 4 is 40.6 Å². The Balaban J connectivity index is 2.37. The van der Waals surface area contributed by atoms with Gasteiger partial charge in [-0.15, -0.1) is 23.1 Å². The van der Waals surface area contributed by atoms with E-state index in [0.717, 1.165) is 9.21 Å². The van der Waals surface area contributed by atoms with Crippen molar-refractivity contribution in [3.63, 3.8) is 0 Å². The molecule has 1 atom stereocenters. The molecule has 1 unspecified atom stereocenters. The molecule has 0 saturated heterocycles. The molecule has 1 aromatic rings. The van der Waals surface area contributed by atoms with Gasteiger partial charge in [0.05, 0.1) is 28.0 Å². The predicted molar refractivity (Wildman–Crippen MR) is 68.8 cm³/mol. The van der Waals surface area contributed by atoms with Gasteiger partial charge in [-0.25, -0.2) is 0 Å².